The third kappa shape index (κ3) is 2.23. The van der Waals surface area contributed by atoms with Gasteiger partial charge in [-0.3, -0.25) is 0 Å². The summed E-state index contributed by atoms with van der Waals surface area (Å²) in [6.45, 7) is 2.23. The molecule has 1 aliphatic rings. The van der Waals surface area contributed by atoms with Crippen LogP contribution in [0.3, 0.4) is 0 Å². The van der Waals surface area contributed by atoms with E-state index >= 15 is 0 Å². The second kappa shape index (κ2) is 4.68. The summed E-state index contributed by atoms with van der Waals surface area (Å²) in [7, 11) is -3.53. The lowest BCUT2D eigenvalue weighted by Crippen LogP contribution is -2.13. The van der Waals surface area contributed by atoms with E-state index in [9.17, 15) is 12.8 Å². The molecular formula is C15H14FNO2S. The van der Waals surface area contributed by atoms with Crippen LogP contribution in [0.5, 0.6) is 0 Å². The van der Waals surface area contributed by atoms with Crippen molar-refractivity contribution in [1.29, 1.82) is 0 Å². The van der Waals surface area contributed by atoms with Gasteiger partial charge in [-0.15, -0.1) is 0 Å². The van der Waals surface area contributed by atoms with Crippen molar-refractivity contribution in [3.63, 3.8) is 0 Å². The number of halogens is 1. The first-order chi connectivity index (χ1) is 9.50. The summed E-state index contributed by atoms with van der Waals surface area (Å²) >= 11 is 0. The Balaban J connectivity index is 1.89. The molecule has 3 nitrogen and oxygen atoms in total. The lowest BCUT2D eigenvalue weighted by molar-refractivity contribution is 0.548. The minimum atomic E-state index is -3.53. The van der Waals surface area contributed by atoms with Crippen LogP contribution in [-0.2, 0) is 10.0 Å². The zero-order valence-electron chi connectivity index (χ0n) is 11.0. The van der Waals surface area contributed by atoms with Crippen LogP contribution >= 0.6 is 0 Å². The molecular weight excluding hydrogens is 277 g/mol. The van der Waals surface area contributed by atoms with Crippen molar-refractivity contribution in [3.05, 3.63) is 65.5 Å². The third-order valence-corrected chi connectivity index (χ3v) is 5.35. The second-order valence-electron chi connectivity index (χ2n) is 4.93. The van der Waals surface area contributed by atoms with Crippen LogP contribution in [0.15, 0.2) is 53.4 Å². The van der Waals surface area contributed by atoms with Crippen LogP contribution in [0.2, 0.25) is 0 Å². The SMILES string of the molecule is Cc1ccc(S(=O)(=O)N2CC2c2ccccc2F)cc1. The van der Waals surface area contributed by atoms with Crippen molar-refractivity contribution in [2.45, 2.75) is 17.9 Å². The molecule has 0 radical (unpaired) electrons. The van der Waals surface area contributed by atoms with Gasteiger partial charge >= 0.3 is 0 Å². The van der Waals surface area contributed by atoms with Crippen molar-refractivity contribution in [3.8, 4) is 0 Å². The summed E-state index contributed by atoms with van der Waals surface area (Å²) in [4.78, 5) is 0.252. The molecule has 0 amide bonds. The van der Waals surface area contributed by atoms with Crippen LogP contribution in [0.4, 0.5) is 4.39 Å². The molecule has 0 aromatic heterocycles. The van der Waals surface area contributed by atoms with Gasteiger partial charge < -0.3 is 0 Å². The first kappa shape index (κ1) is 13.3. The molecule has 2 aromatic rings. The summed E-state index contributed by atoms with van der Waals surface area (Å²) < 4.78 is 39.8. The first-order valence-corrected chi connectivity index (χ1v) is 7.77. The maximum atomic E-state index is 13.7. The van der Waals surface area contributed by atoms with Gasteiger partial charge in [-0.2, -0.15) is 4.31 Å². The zero-order chi connectivity index (χ0) is 14.3. The standard InChI is InChI=1S/C15H14FNO2S/c1-11-6-8-12(9-7-11)20(18,19)17-10-15(17)13-4-2-3-5-14(13)16/h2-9,15H,10H2,1H3. The Morgan fingerprint density at radius 3 is 2.40 bits per heavy atom. The fourth-order valence-electron chi connectivity index (χ4n) is 2.23. The molecule has 0 aliphatic carbocycles. The molecule has 0 N–H and O–H groups in total. The van der Waals surface area contributed by atoms with Crippen LogP contribution in [-0.4, -0.2) is 19.3 Å². The molecule has 2 atom stereocenters. The summed E-state index contributed by atoms with van der Waals surface area (Å²) in [6.07, 6.45) is 0. The number of rotatable bonds is 3. The molecule has 1 fully saturated rings. The quantitative estimate of drug-likeness (QED) is 0.815. The maximum Gasteiger partial charge on any atom is 0.243 e. The smallest absolute Gasteiger partial charge is 0.207 e. The van der Waals surface area contributed by atoms with Gasteiger partial charge in [-0.1, -0.05) is 35.9 Å². The van der Waals surface area contributed by atoms with E-state index in [4.69, 9.17) is 0 Å². The minimum Gasteiger partial charge on any atom is -0.207 e. The largest absolute Gasteiger partial charge is 0.243 e. The van der Waals surface area contributed by atoms with Crippen LogP contribution in [0, 0.1) is 12.7 Å². The van der Waals surface area contributed by atoms with Gasteiger partial charge in [0.15, 0.2) is 0 Å². The molecule has 2 unspecified atom stereocenters. The Hall–Kier alpha value is -1.72. The topological polar surface area (TPSA) is 37.1 Å². The van der Waals surface area contributed by atoms with Crippen molar-refractivity contribution < 1.29 is 12.8 Å². The van der Waals surface area contributed by atoms with Gasteiger partial charge in [-0.05, 0) is 25.1 Å². The minimum absolute atomic E-state index is 0.252. The number of aryl methyl sites for hydroxylation is 1. The predicted molar refractivity (Wildman–Crippen MR) is 74.2 cm³/mol. The van der Waals surface area contributed by atoms with Crippen molar-refractivity contribution in [2.75, 3.05) is 6.54 Å². The molecule has 104 valence electrons. The molecule has 0 spiro atoms. The molecule has 2 aromatic carbocycles. The van der Waals surface area contributed by atoms with E-state index in [0.29, 0.717) is 12.1 Å². The highest BCUT2D eigenvalue weighted by molar-refractivity contribution is 7.89. The number of hydrogen-bond acceptors (Lipinski definition) is 2. The summed E-state index contributed by atoms with van der Waals surface area (Å²) in [5.74, 6) is -0.362. The van der Waals surface area contributed by atoms with E-state index in [-0.39, 0.29) is 16.8 Å². The lowest BCUT2D eigenvalue weighted by Gasteiger charge is -2.07. The molecule has 20 heavy (non-hydrogen) atoms. The first-order valence-electron chi connectivity index (χ1n) is 6.33. The molecule has 1 aliphatic heterocycles. The highest BCUT2D eigenvalue weighted by Crippen LogP contribution is 2.41. The van der Waals surface area contributed by atoms with Gasteiger partial charge in [-0.25, -0.2) is 12.8 Å². The van der Waals surface area contributed by atoms with Crippen molar-refractivity contribution in [2.24, 2.45) is 0 Å². The van der Waals surface area contributed by atoms with Crippen LogP contribution in [0.25, 0.3) is 0 Å². The molecule has 1 heterocycles. The normalized spacial score (nSPS) is 21.7. The van der Waals surface area contributed by atoms with E-state index < -0.39 is 10.0 Å². The number of sulfonamides is 1. The number of benzene rings is 2. The molecule has 5 heteroatoms. The van der Waals surface area contributed by atoms with Crippen molar-refractivity contribution in [1.82, 2.24) is 4.31 Å². The highest BCUT2D eigenvalue weighted by Gasteiger charge is 2.46. The fraction of sp³-hybridized carbons (Fsp3) is 0.200. The third-order valence-electron chi connectivity index (χ3n) is 3.46. The zero-order valence-corrected chi connectivity index (χ0v) is 11.8. The molecule has 0 saturated carbocycles. The average Bonchev–Trinajstić information content (AvgIpc) is 3.20. The van der Waals surface area contributed by atoms with Gasteiger partial charge in [0, 0.05) is 12.1 Å². The van der Waals surface area contributed by atoms with Gasteiger partial charge in [0.25, 0.3) is 0 Å². The molecule has 0 bridgehead atoms. The molecule has 1 saturated heterocycles. The lowest BCUT2D eigenvalue weighted by atomic mass is 10.1. The fourth-order valence-corrected chi connectivity index (χ4v) is 3.77. The number of hydrogen-bond donors (Lipinski definition) is 0. The van der Waals surface area contributed by atoms with E-state index in [0.717, 1.165) is 5.56 Å². The Bertz CT molecular complexity index is 741. The predicted octanol–water partition coefficient (Wildman–Crippen LogP) is 2.88. The summed E-state index contributed by atoms with van der Waals surface area (Å²) in [5.41, 5.74) is 1.43. The van der Waals surface area contributed by atoms with E-state index in [1.807, 2.05) is 6.92 Å². The molecule has 3 rings (SSSR count). The Labute approximate surface area is 117 Å². The Kier molecular flexibility index (Phi) is 3.11. The van der Waals surface area contributed by atoms with Crippen LogP contribution < -0.4 is 0 Å². The van der Waals surface area contributed by atoms with E-state index in [1.54, 1.807) is 42.5 Å². The van der Waals surface area contributed by atoms with Crippen molar-refractivity contribution >= 4 is 10.0 Å². The summed E-state index contributed by atoms with van der Waals surface area (Å²) in [5, 5.41) is 0. The monoisotopic (exact) mass is 291 g/mol. The van der Waals surface area contributed by atoms with Gasteiger partial charge in [0.1, 0.15) is 5.82 Å². The maximum absolute atomic E-state index is 13.7. The second-order valence-corrected chi connectivity index (χ2v) is 6.82. The summed E-state index contributed by atoms with van der Waals surface area (Å²) in [6, 6.07) is 12.6. The number of nitrogens with zero attached hydrogens (tertiary/aromatic N) is 1. The highest BCUT2D eigenvalue weighted by atomic mass is 32.2. The Morgan fingerprint density at radius 2 is 1.75 bits per heavy atom. The van der Waals surface area contributed by atoms with E-state index in [1.165, 1.54) is 10.4 Å². The van der Waals surface area contributed by atoms with E-state index in [2.05, 4.69) is 0 Å². The van der Waals surface area contributed by atoms with Gasteiger partial charge in [0.2, 0.25) is 10.0 Å². The van der Waals surface area contributed by atoms with Crippen LogP contribution in [0.1, 0.15) is 17.2 Å². The van der Waals surface area contributed by atoms with Gasteiger partial charge in [0.05, 0.1) is 10.9 Å². The Morgan fingerprint density at radius 1 is 1.10 bits per heavy atom. The average molecular weight is 291 g/mol.